The minimum absolute atomic E-state index is 0.158. The zero-order chi connectivity index (χ0) is 30.2. The number of thioether (sulfide) groups is 1. The van der Waals surface area contributed by atoms with Gasteiger partial charge in [0.1, 0.15) is 18.1 Å². The molecule has 12 nitrogen and oxygen atoms in total. The van der Waals surface area contributed by atoms with E-state index in [0.717, 1.165) is 22.9 Å². The van der Waals surface area contributed by atoms with E-state index in [9.17, 15) is 24.3 Å². The first-order chi connectivity index (χ1) is 19.7. The molecular weight excluding hydrogens is 546 g/mol. The number of unbranched alkanes of at least 4 members (excludes halogenated alkanes) is 2. The Morgan fingerprint density at radius 2 is 1.46 bits per heavy atom. The van der Waals surface area contributed by atoms with E-state index in [-0.39, 0.29) is 19.3 Å². The van der Waals surface area contributed by atoms with Crippen LogP contribution in [0.3, 0.4) is 0 Å². The first-order valence-electron chi connectivity index (χ1n) is 14.0. The zero-order valence-corrected chi connectivity index (χ0v) is 24.5. The Bertz CT molecular complexity index is 1130. The Balaban J connectivity index is 2.24. The van der Waals surface area contributed by atoms with Gasteiger partial charge in [0, 0.05) is 23.5 Å². The average molecular weight is 592 g/mol. The molecule has 4 atom stereocenters. The Morgan fingerprint density at radius 3 is 2.12 bits per heavy atom. The van der Waals surface area contributed by atoms with Crippen LogP contribution in [-0.4, -0.2) is 83.0 Å². The number of aromatic nitrogens is 1. The van der Waals surface area contributed by atoms with E-state index in [4.69, 9.17) is 17.2 Å². The highest BCUT2D eigenvalue weighted by atomic mass is 32.2. The highest BCUT2D eigenvalue weighted by molar-refractivity contribution is 7.98. The van der Waals surface area contributed by atoms with Crippen LogP contribution in [0.25, 0.3) is 10.9 Å². The van der Waals surface area contributed by atoms with Crippen LogP contribution >= 0.6 is 11.8 Å². The molecule has 41 heavy (non-hydrogen) atoms. The van der Waals surface area contributed by atoms with Gasteiger partial charge in [-0.1, -0.05) is 24.6 Å². The van der Waals surface area contributed by atoms with Crippen molar-refractivity contribution in [3.63, 3.8) is 0 Å². The van der Waals surface area contributed by atoms with Gasteiger partial charge in [-0.2, -0.15) is 11.8 Å². The number of amides is 3. The number of nitrogens with two attached hydrogens (primary N) is 3. The highest BCUT2D eigenvalue weighted by Crippen LogP contribution is 2.19. The van der Waals surface area contributed by atoms with Crippen molar-refractivity contribution in [2.75, 3.05) is 25.1 Å². The third-order valence-corrected chi connectivity index (χ3v) is 7.49. The number of aliphatic carboxylic acids is 1. The number of fused-ring (bicyclic) bond motifs is 1. The number of rotatable bonds is 20. The van der Waals surface area contributed by atoms with Crippen molar-refractivity contribution >= 4 is 46.4 Å². The topological polar surface area (TPSA) is 218 Å². The van der Waals surface area contributed by atoms with Gasteiger partial charge in [0.2, 0.25) is 17.7 Å². The number of nitrogens with one attached hydrogen (secondary N) is 4. The lowest BCUT2D eigenvalue weighted by Gasteiger charge is -2.25. The van der Waals surface area contributed by atoms with Crippen molar-refractivity contribution in [3.05, 3.63) is 36.0 Å². The Morgan fingerprint density at radius 1 is 0.854 bits per heavy atom. The number of hydrogen-bond donors (Lipinski definition) is 8. The molecule has 11 N–H and O–H groups in total. The van der Waals surface area contributed by atoms with Crippen LogP contribution in [0, 0.1) is 0 Å². The minimum Gasteiger partial charge on any atom is -0.480 e. The van der Waals surface area contributed by atoms with Crippen molar-refractivity contribution in [1.82, 2.24) is 20.9 Å². The summed E-state index contributed by atoms with van der Waals surface area (Å²) in [5, 5.41) is 18.6. The normalized spacial score (nSPS) is 14.1. The van der Waals surface area contributed by atoms with Gasteiger partial charge in [0.05, 0.1) is 6.04 Å². The second-order valence-corrected chi connectivity index (χ2v) is 11.0. The summed E-state index contributed by atoms with van der Waals surface area (Å²) in [7, 11) is 0. The summed E-state index contributed by atoms with van der Waals surface area (Å²) in [4.78, 5) is 54.7. The van der Waals surface area contributed by atoms with Crippen LogP contribution in [0.4, 0.5) is 0 Å². The third-order valence-electron chi connectivity index (χ3n) is 6.84. The fourth-order valence-corrected chi connectivity index (χ4v) is 4.92. The van der Waals surface area contributed by atoms with Gasteiger partial charge in [0.15, 0.2) is 0 Å². The number of aromatic amines is 1. The number of para-hydroxylation sites is 1. The smallest absolute Gasteiger partial charge is 0.326 e. The first-order valence-corrected chi connectivity index (χ1v) is 15.4. The maximum atomic E-state index is 13.6. The van der Waals surface area contributed by atoms with Gasteiger partial charge in [-0.05, 0) is 75.3 Å². The number of carboxylic acids is 1. The number of hydrogen-bond acceptors (Lipinski definition) is 8. The summed E-state index contributed by atoms with van der Waals surface area (Å²) in [6.07, 6.45) is 7.32. The molecule has 3 amide bonds. The molecule has 1 heterocycles. The average Bonchev–Trinajstić information content (AvgIpc) is 3.36. The molecule has 1 aromatic heterocycles. The van der Waals surface area contributed by atoms with Gasteiger partial charge < -0.3 is 43.2 Å². The third kappa shape index (κ3) is 11.3. The van der Waals surface area contributed by atoms with E-state index < -0.39 is 47.9 Å². The standard InChI is InChI=1S/C28H45N7O5S/c1-41-15-12-22(26(37)34-23(28(39)40)11-5-7-14-30)33-27(38)24(35-25(36)20(31)9-4-6-13-29)16-18-17-32-21-10-3-2-8-19(18)21/h2-3,8,10,17,20,22-24,32H,4-7,9,11-16,29-31H2,1H3,(H,33,38)(H,34,37)(H,35,36)(H,39,40). The second-order valence-electron chi connectivity index (χ2n) is 10.0. The lowest BCUT2D eigenvalue weighted by Crippen LogP contribution is -2.57. The van der Waals surface area contributed by atoms with Crippen molar-refractivity contribution in [2.24, 2.45) is 17.2 Å². The van der Waals surface area contributed by atoms with Crippen LogP contribution in [0.1, 0.15) is 50.5 Å². The molecule has 1 aromatic carbocycles. The SMILES string of the molecule is CSCCC(NC(=O)C(Cc1c[nH]c2ccccc12)NC(=O)C(N)CCCCN)C(=O)NC(CCCCN)C(=O)O. The molecule has 2 aromatic rings. The summed E-state index contributed by atoms with van der Waals surface area (Å²) in [5.41, 5.74) is 18.9. The van der Waals surface area contributed by atoms with Gasteiger partial charge in [0.25, 0.3) is 0 Å². The van der Waals surface area contributed by atoms with Crippen molar-refractivity contribution < 1.29 is 24.3 Å². The molecule has 0 aliphatic carbocycles. The molecule has 0 bridgehead atoms. The number of carboxylic acid groups (broad SMARTS) is 1. The lowest BCUT2D eigenvalue weighted by molar-refractivity contribution is -0.142. The summed E-state index contributed by atoms with van der Waals surface area (Å²) in [5.74, 6) is -2.23. The quantitative estimate of drug-likeness (QED) is 0.101. The van der Waals surface area contributed by atoms with Crippen LogP contribution in [-0.2, 0) is 25.6 Å². The molecule has 0 aliphatic heterocycles. The Hall–Kier alpha value is -3.13. The summed E-state index contributed by atoms with van der Waals surface area (Å²) in [6, 6.07) is 3.67. The van der Waals surface area contributed by atoms with Gasteiger partial charge in [-0.15, -0.1) is 0 Å². The zero-order valence-electron chi connectivity index (χ0n) is 23.7. The van der Waals surface area contributed by atoms with E-state index in [1.165, 1.54) is 11.8 Å². The molecule has 0 aliphatic rings. The summed E-state index contributed by atoms with van der Waals surface area (Å²) >= 11 is 1.49. The number of carbonyl (C=O) groups is 4. The highest BCUT2D eigenvalue weighted by Gasteiger charge is 2.30. The molecule has 228 valence electrons. The van der Waals surface area contributed by atoms with E-state index >= 15 is 0 Å². The molecular formula is C28H45N7O5S. The monoisotopic (exact) mass is 591 g/mol. The van der Waals surface area contributed by atoms with Crippen LogP contribution in [0.2, 0.25) is 0 Å². The van der Waals surface area contributed by atoms with Gasteiger partial charge in [-0.25, -0.2) is 4.79 Å². The Labute approximate surface area is 245 Å². The van der Waals surface area contributed by atoms with Crippen molar-refractivity contribution in [2.45, 2.75) is 75.5 Å². The maximum Gasteiger partial charge on any atom is 0.326 e. The number of benzene rings is 1. The van der Waals surface area contributed by atoms with Crippen LogP contribution < -0.4 is 33.2 Å². The molecule has 13 heteroatoms. The van der Waals surface area contributed by atoms with E-state index in [2.05, 4.69) is 20.9 Å². The fourth-order valence-electron chi connectivity index (χ4n) is 4.45. The number of H-pyrrole nitrogens is 1. The number of carbonyl (C=O) groups excluding carboxylic acids is 3. The summed E-state index contributed by atoms with van der Waals surface area (Å²) < 4.78 is 0. The van der Waals surface area contributed by atoms with Gasteiger partial charge in [-0.3, -0.25) is 14.4 Å². The second kappa shape index (κ2) is 18.3. The molecule has 0 saturated heterocycles. The summed E-state index contributed by atoms with van der Waals surface area (Å²) in [6.45, 7) is 0.919. The van der Waals surface area contributed by atoms with E-state index in [0.29, 0.717) is 44.5 Å². The largest absolute Gasteiger partial charge is 0.480 e. The van der Waals surface area contributed by atoms with Crippen LogP contribution in [0.5, 0.6) is 0 Å². The minimum atomic E-state index is -1.15. The maximum absolute atomic E-state index is 13.6. The Kier molecular flexibility index (Phi) is 15.2. The molecule has 0 fully saturated rings. The molecule has 0 spiro atoms. The fraction of sp³-hybridized carbons (Fsp3) is 0.571. The van der Waals surface area contributed by atoms with E-state index in [1.807, 2.05) is 30.5 Å². The van der Waals surface area contributed by atoms with E-state index in [1.54, 1.807) is 6.20 Å². The van der Waals surface area contributed by atoms with Crippen molar-refractivity contribution in [1.29, 1.82) is 0 Å². The van der Waals surface area contributed by atoms with Crippen LogP contribution in [0.15, 0.2) is 30.5 Å². The van der Waals surface area contributed by atoms with Crippen molar-refractivity contribution in [3.8, 4) is 0 Å². The van der Waals surface area contributed by atoms with Gasteiger partial charge >= 0.3 is 5.97 Å². The molecule has 4 unspecified atom stereocenters. The lowest BCUT2D eigenvalue weighted by atomic mass is 10.0. The first kappa shape index (κ1) is 34.1. The molecule has 0 saturated carbocycles. The molecule has 0 radical (unpaired) electrons. The predicted molar refractivity (Wildman–Crippen MR) is 162 cm³/mol. The molecule has 2 rings (SSSR count). The predicted octanol–water partition coefficient (Wildman–Crippen LogP) is 0.588.